The number of nitrogens with zero attached hydrogens (tertiary/aromatic N) is 1. The molecule has 0 fully saturated rings. The Morgan fingerprint density at radius 3 is 2.12 bits per heavy atom. The summed E-state index contributed by atoms with van der Waals surface area (Å²) < 4.78 is 37.8. The van der Waals surface area contributed by atoms with E-state index in [2.05, 4.69) is 0 Å². The fraction of sp³-hybridized carbons (Fsp3) is 0.538. The van der Waals surface area contributed by atoms with E-state index in [1.165, 1.54) is 12.1 Å². The van der Waals surface area contributed by atoms with Crippen molar-refractivity contribution in [2.24, 2.45) is 0 Å². The second kappa shape index (κ2) is 5.94. The van der Waals surface area contributed by atoms with Crippen LogP contribution in [0.2, 0.25) is 0 Å². The molecule has 1 aromatic carbocycles. The summed E-state index contributed by atoms with van der Waals surface area (Å²) in [5.74, 6) is 0. The highest BCUT2D eigenvalue weighted by molar-refractivity contribution is 5.49. The molecule has 0 amide bonds. The van der Waals surface area contributed by atoms with Crippen molar-refractivity contribution in [3.63, 3.8) is 0 Å². The standard InChI is InChI=1S/C13H18F3N/c1-3-8-17(9-4-2)12-7-5-6-11(10-12)13(14,15)16/h5-7,10H,3-4,8-9H2,1-2H3. The predicted octanol–water partition coefficient (Wildman–Crippen LogP) is 4.33. The van der Waals surface area contributed by atoms with Gasteiger partial charge in [-0.2, -0.15) is 13.2 Å². The van der Waals surface area contributed by atoms with Crippen LogP contribution < -0.4 is 4.90 Å². The summed E-state index contributed by atoms with van der Waals surface area (Å²) in [6, 6.07) is 5.54. The third-order valence-electron chi connectivity index (χ3n) is 2.53. The molecule has 0 spiro atoms. The number of anilines is 1. The van der Waals surface area contributed by atoms with Crippen LogP contribution in [0.4, 0.5) is 18.9 Å². The number of halogens is 3. The minimum atomic E-state index is -4.26. The van der Waals surface area contributed by atoms with Crippen LogP contribution in [0.25, 0.3) is 0 Å². The van der Waals surface area contributed by atoms with Crippen molar-refractivity contribution < 1.29 is 13.2 Å². The number of alkyl halides is 3. The molecule has 0 aliphatic carbocycles. The Balaban J connectivity index is 2.95. The maximum Gasteiger partial charge on any atom is 0.416 e. The van der Waals surface area contributed by atoms with Gasteiger partial charge in [-0.05, 0) is 31.0 Å². The van der Waals surface area contributed by atoms with Gasteiger partial charge in [0.2, 0.25) is 0 Å². The molecule has 4 heteroatoms. The normalized spacial score (nSPS) is 11.6. The zero-order chi connectivity index (χ0) is 12.9. The van der Waals surface area contributed by atoms with Gasteiger partial charge in [0, 0.05) is 18.8 Å². The molecule has 0 aliphatic heterocycles. The molecule has 17 heavy (non-hydrogen) atoms. The highest BCUT2D eigenvalue weighted by Crippen LogP contribution is 2.31. The Morgan fingerprint density at radius 1 is 1.06 bits per heavy atom. The van der Waals surface area contributed by atoms with Crippen LogP contribution >= 0.6 is 0 Å². The third-order valence-corrected chi connectivity index (χ3v) is 2.53. The number of benzene rings is 1. The molecule has 1 nitrogen and oxygen atoms in total. The fourth-order valence-electron chi connectivity index (χ4n) is 1.79. The second-order valence-electron chi connectivity index (χ2n) is 4.04. The smallest absolute Gasteiger partial charge is 0.372 e. The molecule has 0 N–H and O–H groups in total. The van der Waals surface area contributed by atoms with Gasteiger partial charge in [0.05, 0.1) is 5.56 Å². The summed E-state index contributed by atoms with van der Waals surface area (Å²) in [5, 5.41) is 0. The molecule has 0 heterocycles. The first-order chi connectivity index (χ1) is 7.99. The Kier molecular flexibility index (Phi) is 4.85. The van der Waals surface area contributed by atoms with Gasteiger partial charge in [0.1, 0.15) is 0 Å². The van der Waals surface area contributed by atoms with Crippen LogP contribution in [0, 0.1) is 0 Å². The maximum atomic E-state index is 12.6. The monoisotopic (exact) mass is 245 g/mol. The summed E-state index contributed by atoms with van der Waals surface area (Å²) in [7, 11) is 0. The fourth-order valence-corrected chi connectivity index (χ4v) is 1.79. The Hall–Kier alpha value is -1.19. The lowest BCUT2D eigenvalue weighted by Gasteiger charge is -2.24. The van der Waals surface area contributed by atoms with Gasteiger partial charge in [-0.25, -0.2) is 0 Å². The van der Waals surface area contributed by atoms with E-state index in [-0.39, 0.29) is 0 Å². The topological polar surface area (TPSA) is 3.24 Å². The van der Waals surface area contributed by atoms with Crippen LogP contribution in [-0.2, 0) is 6.18 Å². The molecule has 1 rings (SSSR count). The Bertz CT molecular complexity index is 341. The third kappa shape index (κ3) is 3.95. The zero-order valence-corrected chi connectivity index (χ0v) is 10.2. The van der Waals surface area contributed by atoms with Crippen molar-refractivity contribution in [3.8, 4) is 0 Å². The quantitative estimate of drug-likeness (QED) is 0.746. The maximum absolute atomic E-state index is 12.6. The summed E-state index contributed by atoms with van der Waals surface area (Å²) in [5.41, 5.74) is 0.0794. The van der Waals surface area contributed by atoms with Crippen LogP contribution in [0.3, 0.4) is 0 Å². The Labute approximate surface area is 100 Å². The minimum absolute atomic E-state index is 0.577. The van der Waals surface area contributed by atoms with Crippen LogP contribution in [0.15, 0.2) is 24.3 Å². The van der Waals surface area contributed by atoms with Crippen molar-refractivity contribution in [2.75, 3.05) is 18.0 Å². The molecule has 0 bridgehead atoms. The molecular formula is C13H18F3N. The van der Waals surface area contributed by atoms with Gasteiger partial charge in [0.25, 0.3) is 0 Å². The molecule has 1 aromatic rings. The van der Waals surface area contributed by atoms with E-state index in [0.29, 0.717) is 5.69 Å². The lowest BCUT2D eigenvalue weighted by molar-refractivity contribution is -0.137. The van der Waals surface area contributed by atoms with Gasteiger partial charge >= 0.3 is 6.18 Å². The van der Waals surface area contributed by atoms with Gasteiger partial charge in [-0.15, -0.1) is 0 Å². The molecule has 0 saturated heterocycles. The minimum Gasteiger partial charge on any atom is -0.372 e. The molecule has 0 saturated carbocycles. The molecule has 96 valence electrons. The Morgan fingerprint density at radius 2 is 1.65 bits per heavy atom. The first-order valence-electron chi connectivity index (χ1n) is 5.91. The van der Waals surface area contributed by atoms with Crippen molar-refractivity contribution in [1.82, 2.24) is 0 Å². The first-order valence-corrected chi connectivity index (χ1v) is 5.91. The van der Waals surface area contributed by atoms with E-state index < -0.39 is 11.7 Å². The summed E-state index contributed by atoms with van der Waals surface area (Å²) in [4.78, 5) is 2.00. The average molecular weight is 245 g/mol. The van der Waals surface area contributed by atoms with E-state index in [1.54, 1.807) is 6.07 Å². The van der Waals surface area contributed by atoms with Crippen LogP contribution in [-0.4, -0.2) is 13.1 Å². The van der Waals surface area contributed by atoms with Crippen molar-refractivity contribution >= 4 is 5.69 Å². The lowest BCUT2D eigenvalue weighted by Crippen LogP contribution is -2.25. The van der Waals surface area contributed by atoms with Crippen LogP contribution in [0.5, 0.6) is 0 Å². The number of hydrogen-bond acceptors (Lipinski definition) is 1. The van der Waals surface area contributed by atoms with E-state index in [1.807, 2.05) is 18.7 Å². The highest BCUT2D eigenvalue weighted by Gasteiger charge is 2.30. The van der Waals surface area contributed by atoms with Gasteiger partial charge in [0.15, 0.2) is 0 Å². The molecule has 0 atom stereocenters. The SMILES string of the molecule is CCCN(CCC)c1cccc(C(F)(F)F)c1. The summed E-state index contributed by atoms with van der Waals surface area (Å²) >= 11 is 0. The molecule has 0 aromatic heterocycles. The summed E-state index contributed by atoms with van der Waals surface area (Å²) in [6.07, 6.45) is -2.41. The number of rotatable bonds is 5. The first kappa shape index (κ1) is 13.9. The van der Waals surface area contributed by atoms with Gasteiger partial charge in [-0.1, -0.05) is 19.9 Å². The molecule has 0 radical (unpaired) electrons. The van der Waals surface area contributed by atoms with Crippen LogP contribution in [0.1, 0.15) is 32.3 Å². The molecule has 0 aliphatic rings. The average Bonchev–Trinajstić information content (AvgIpc) is 2.28. The van der Waals surface area contributed by atoms with E-state index in [4.69, 9.17) is 0 Å². The molecular weight excluding hydrogens is 227 g/mol. The highest BCUT2D eigenvalue weighted by atomic mass is 19.4. The summed E-state index contributed by atoms with van der Waals surface area (Å²) in [6.45, 7) is 5.62. The number of hydrogen-bond donors (Lipinski definition) is 0. The van der Waals surface area contributed by atoms with Gasteiger partial charge < -0.3 is 4.90 Å². The van der Waals surface area contributed by atoms with E-state index >= 15 is 0 Å². The largest absolute Gasteiger partial charge is 0.416 e. The zero-order valence-electron chi connectivity index (χ0n) is 10.2. The van der Waals surface area contributed by atoms with Gasteiger partial charge in [-0.3, -0.25) is 0 Å². The molecule has 0 unspecified atom stereocenters. The van der Waals surface area contributed by atoms with Crippen molar-refractivity contribution in [3.05, 3.63) is 29.8 Å². The predicted molar refractivity (Wildman–Crippen MR) is 64.2 cm³/mol. The van der Waals surface area contributed by atoms with Crippen molar-refractivity contribution in [1.29, 1.82) is 0 Å². The lowest BCUT2D eigenvalue weighted by atomic mass is 10.1. The van der Waals surface area contributed by atoms with E-state index in [9.17, 15) is 13.2 Å². The second-order valence-corrected chi connectivity index (χ2v) is 4.04. The van der Waals surface area contributed by atoms with Crippen molar-refractivity contribution in [2.45, 2.75) is 32.9 Å². The van der Waals surface area contributed by atoms with E-state index in [0.717, 1.165) is 32.0 Å².